The zero-order valence-corrected chi connectivity index (χ0v) is 13.1. The molecule has 2 aromatic rings. The highest BCUT2D eigenvalue weighted by Crippen LogP contribution is 2.17. The van der Waals surface area contributed by atoms with Gasteiger partial charge in [0.05, 0.1) is 18.5 Å². The van der Waals surface area contributed by atoms with Gasteiger partial charge in [0, 0.05) is 19.0 Å². The Morgan fingerprint density at radius 1 is 1.19 bits per heavy atom. The predicted octanol–water partition coefficient (Wildman–Crippen LogP) is 3.51. The molecule has 0 bridgehead atoms. The van der Waals surface area contributed by atoms with E-state index in [-0.39, 0.29) is 6.10 Å². The molecule has 0 spiro atoms. The molecule has 21 heavy (non-hydrogen) atoms. The van der Waals surface area contributed by atoms with Gasteiger partial charge in [0.2, 0.25) is 5.88 Å². The molecular formula is C16H20ClN3O. The van der Waals surface area contributed by atoms with E-state index in [1.165, 1.54) is 5.56 Å². The zero-order valence-electron chi connectivity index (χ0n) is 12.4. The smallest absolute Gasteiger partial charge is 0.234 e. The highest BCUT2D eigenvalue weighted by atomic mass is 35.5. The SMILES string of the molecule is CC(C)Oc1cncc(N(CCCl)Cc2ccccc2)n1. The van der Waals surface area contributed by atoms with Crippen LogP contribution in [0.25, 0.3) is 0 Å². The summed E-state index contributed by atoms with van der Waals surface area (Å²) in [6, 6.07) is 10.2. The molecule has 0 unspecified atom stereocenters. The summed E-state index contributed by atoms with van der Waals surface area (Å²) in [7, 11) is 0. The topological polar surface area (TPSA) is 38.2 Å². The van der Waals surface area contributed by atoms with Crippen molar-refractivity contribution < 1.29 is 4.74 Å². The van der Waals surface area contributed by atoms with Gasteiger partial charge in [-0.3, -0.25) is 4.98 Å². The van der Waals surface area contributed by atoms with Crippen LogP contribution in [0, 0.1) is 0 Å². The Bertz CT molecular complexity index is 548. The summed E-state index contributed by atoms with van der Waals surface area (Å²) in [6.45, 7) is 5.38. The largest absolute Gasteiger partial charge is 0.474 e. The molecule has 0 fully saturated rings. The van der Waals surface area contributed by atoms with Crippen LogP contribution in [0.5, 0.6) is 5.88 Å². The molecule has 112 valence electrons. The van der Waals surface area contributed by atoms with Crippen molar-refractivity contribution in [2.24, 2.45) is 0 Å². The second-order valence-corrected chi connectivity index (χ2v) is 5.36. The van der Waals surface area contributed by atoms with E-state index >= 15 is 0 Å². The average molecular weight is 306 g/mol. The first-order valence-electron chi connectivity index (χ1n) is 7.02. The van der Waals surface area contributed by atoms with E-state index in [1.54, 1.807) is 12.4 Å². The van der Waals surface area contributed by atoms with Crippen molar-refractivity contribution in [1.29, 1.82) is 0 Å². The normalized spacial score (nSPS) is 10.7. The summed E-state index contributed by atoms with van der Waals surface area (Å²) in [5.41, 5.74) is 1.21. The molecule has 1 aromatic carbocycles. The Hall–Kier alpha value is -1.81. The number of anilines is 1. The zero-order chi connectivity index (χ0) is 15.1. The van der Waals surface area contributed by atoms with E-state index in [0.717, 1.165) is 12.4 Å². The molecule has 0 aliphatic heterocycles. The molecule has 0 N–H and O–H groups in total. The summed E-state index contributed by atoms with van der Waals surface area (Å²) in [5.74, 6) is 1.84. The van der Waals surface area contributed by atoms with Crippen molar-refractivity contribution >= 4 is 17.4 Å². The average Bonchev–Trinajstić information content (AvgIpc) is 2.47. The van der Waals surface area contributed by atoms with E-state index < -0.39 is 0 Å². The maximum absolute atomic E-state index is 5.92. The molecule has 0 saturated carbocycles. The van der Waals surface area contributed by atoms with Gasteiger partial charge in [-0.05, 0) is 19.4 Å². The lowest BCUT2D eigenvalue weighted by molar-refractivity contribution is 0.231. The molecule has 0 amide bonds. The number of nitrogens with zero attached hydrogens (tertiary/aromatic N) is 3. The van der Waals surface area contributed by atoms with Crippen LogP contribution < -0.4 is 9.64 Å². The van der Waals surface area contributed by atoms with Crippen LogP contribution in [-0.2, 0) is 6.54 Å². The van der Waals surface area contributed by atoms with E-state index in [0.29, 0.717) is 18.3 Å². The number of alkyl halides is 1. The molecule has 0 radical (unpaired) electrons. The molecule has 4 nitrogen and oxygen atoms in total. The van der Waals surface area contributed by atoms with Gasteiger partial charge >= 0.3 is 0 Å². The number of ether oxygens (including phenoxy) is 1. The minimum Gasteiger partial charge on any atom is -0.474 e. The molecule has 0 aliphatic carbocycles. The van der Waals surface area contributed by atoms with Gasteiger partial charge in [0.25, 0.3) is 0 Å². The highest BCUT2D eigenvalue weighted by Gasteiger charge is 2.10. The van der Waals surface area contributed by atoms with Crippen LogP contribution in [0.3, 0.4) is 0 Å². The molecule has 0 saturated heterocycles. The van der Waals surface area contributed by atoms with Crippen molar-refractivity contribution in [2.75, 3.05) is 17.3 Å². The first-order chi connectivity index (χ1) is 10.2. The van der Waals surface area contributed by atoms with Gasteiger partial charge in [0.1, 0.15) is 0 Å². The number of halogens is 1. The van der Waals surface area contributed by atoms with E-state index in [9.17, 15) is 0 Å². The first-order valence-corrected chi connectivity index (χ1v) is 7.56. The second kappa shape index (κ2) is 7.84. The van der Waals surface area contributed by atoms with Crippen molar-refractivity contribution in [3.8, 4) is 5.88 Å². The minimum atomic E-state index is 0.0742. The quantitative estimate of drug-likeness (QED) is 0.734. The Morgan fingerprint density at radius 3 is 2.62 bits per heavy atom. The number of rotatable bonds is 7. The summed E-state index contributed by atoms with van der Waals surface area (Å²) in [4.78, 5) is 10.8. The van der Waals surface area contributed by atoms with Gasteiger partial charge in [-0.15, -0.1) is 11.6 Å². The van der Waals surface area contributed by atoms with E-state index in [1.807, 2.05) is 32.0 Å². The lowest BCUT2D eigenvalue weighted by atomic mass is 10.2. The lowest BCUT2D eigenvalue weighted by Gasteiger charge is -2.23. The van der Waals surface area contributed by atoms with Crippen LogP contribution >= 0.6 is 11.6 Å². The molecule has 1 heterocycles. The molecule has 5 heteroatoms. The number of aromatic nitrogens is 2. The summed E-state index contributed by atoms with van der Waals surface area (Å²) < 4.78 is 5.60. The first kappa shape index (κ1) is 15.6. The van der Waals surface area contributed by atoms with E-state index in [4.69, 9.17) is 16.3 Å². The second-order valence-electron chi connectivity index (χ2n) is 4.98. The fourth-order valence-electron chi connectivity index (χ4n) is 1.97. The van der Waals surface area contributed by atoms with Crippen molar-refractivity contribution in [3.05, 3.63) is 48.3 Å². The Morgan fingerprint density at radius 2 is 1.95 bits per heavy atom. The molecule has 2 rings (SSSR count). The van der Waals surface area contributed by atoms with Gasteiger partial charge < -0.3 is 9.64 Å². The Labute approximate surface area is 130 Å². The maximum Gasteiger partial charge on any atom is 0.234 e. The van der Waals surface area contributed by atoms with Crippen LogP contribution in [0.15, 0.2) is 42.7 Å². The maximum atomic E-state index is 5.92. The summed E-state index contributed by atoms with van der Waals surface area (Å²) in [6.07, 6.45) is 3.44. The highest BCUT2D eigenvalue weighted by molar-refractivity contribution is 6.18. The molecular weight excluding hydrogens is 286 g/mol. The molecule has 1 aromatic heterocycles. The van der Waals surface area contributed by atoms with Crippen molar-refractivity contribution in [3.63, 3.8) is 0 Å². The van der Waals surface area contributed by atoms with Gasteiger partial charge in [-0.2, -0.15) is 4.98 Å². The third kappa shape index (κ3) is 4.90. The predicted molar refractivity (Wildman–Crippen MR) is 86.0 cm³/mol. The van der Waals surface area contributed by atoms with Crippen LogP contribution in [0.2, 0.25) is 0 Å². The summed E-state index contributed by atoms with van der Waals surface area (Å²) >= 11 is 5.92. The Balaban J connectivity index is 2.17. The summed E-state index contributed by atoms with van der Waals surface area (Å²) in [5, 5.41) is 0. The molecule has 0 aliphatic rings. The number of hydrogen-bond donors (Lipinski definition) is 0. The fraction of sp³-hybridized carbons (Fsp3) is 0.375. The van der Waals surface area contributed by atoms with Gasteiger partial charge in [-0.1, -0.05) is 30.3 Å². The third-order valence-corrected chi connectivity index (χ3v) is 3.02. The van der Waals surface area contributed by atoms with Crippen LogP contribution in [0.1, 0.15) is 19.4 Å². The minimum absolute atomic E-state index is 0.0742. The van der Waals surface area contributed by atoms with Gasteiger partial charge in [-0.25, -0.2) is 0 Å². The lowest BCUT2D eigenvalue weighted by Crippen LogP contribution is -2.26. The Kier molecular flexibility index (Phi) is 5.81. The third-order valence-electron chi connectivity index (χ3n) is 2.85. The van der Waals surface area contributed by atoms with Gasteiger partial charge in [0.15, 0.2) is 5.82 Å². The fourth-order valence-corrected chi connectivity index (χ4v) is 2.17. The van der Waals surface area contributed by atoms with Crippen molar-refractivity contribution in [2.45, 2.75) is 26.5 Å². The van der Waals surface area contributed by atoms with E-state index in [2.05, 4.69) is 27.0 Å². The van der Waals surface area contributed by atoms with Crippen LogP contribution in [-0.4, -0.2) is 28.5 Å². The molecule has 0 atom stereocenters. The van der Waals surface area contributed by atoms with Crippen LogP contribution in [0.4, 0.5) is 5.82 Å². The standard InChI is InChI=1S/C16H20ClN3O/c1-13(2)21-16-11-18-10-15(19-16)20(9-8-17)12-14-6-4-3-5-7-14/h3-7,10-11,13H,8-9,12H2,1-2H3. The van der Waals surface area contributed by atoms with Crippen molar-refractivity contribution in [1.82, 2.24) is 9.97 Å². The monoisotopic (exact) mass is 305 g/mol. The number of hydrogen-bond acceptors (Lipinski definition) is 4. The number of benzene rings is 1.